The number of hydrogen-bond acceptors (Lipinski definition) is 6. The van der Waals surface area contributed by atoms with E-state index in [1.807, 2.05) is 30.5 Å². The zero-order chi connectivity index (χ0) is 22.9. The maximum atomic E-state index is 12.7. The van der Waals surface area contributed by atoms with E-state index >= 15 is 0 Å². The van der Waals surface area contributed by atoms with Gasteiger partial charge >= 0.3 is 5.97 Å². The second kappa shape index (κ2) is 8.52. The topological polar surface area (TPSA) is 122 Å². The van der Waals surface area contributed by atoms with Crippen LogP contribution in [0.4, 0.5) is 0 Å². The molecule has 3 aromatic rings. The monoisotopic (exact) mass is 444 g/mol. The Bertz CT molecular complexity index is 1230. The molecule has 0 aliphatic heterocycles. The SMILES string of the molecule is Cc1cc(C(=O)COC(=O)c2ccc(S(N)(=O)=O)o2)c(C)n1-c1ccc(C(C)C)cc1. The van der Waals surface area contributed by atoms with Gasteiger partial charge in [0.15, 0.2) is 6.61 Å². The Kier molecular flexibility index (Phi) is 6.19. The van der Waals surface area contributed by atoms with E-state index in [9.17, 15) is 18.0 Å². The first-order valence-electron chi connectivity index (χ1n) is 9.61. The molecule has 0 fully saturated rings. The number of carbonyl (C=O) groups is 2. The van der Waals surface area contributed by atoms with Crippen LogP contribution in [0.1, 0.15) is 57.6 Å². The molecule has 0 unspecified atom stereocenters. The van der Waals surface area contributed by atoms with Crippen LogP contribution < -0.4 is 5.14 Å². The zero-order valence-electron chi connectivity index (χ0n) is 17.7. The number of esters is 1. The number of nitrogens with zero attached hydrogens (tertiary/aromatic N) is 1. The lowest BCUT2D eigenvalue weighted by molar-refractivity contribution is 0.0438. The third kappa shape index (κ3) is 4.78. The smallest absolute Gasteiger partial charge is 0.374 e. The Labute approximate surface area is 180 Å². The first kappa shape index (κ1) is 22.5. The van der Waals surface area contributed by atoms with Crippen LogP contribution in [-0.4, -0.2) is 31.3 Å². The summed E-state index contributed by atoms with van der Waals surface area (Å²) in [5.41, 5.74) is 4.18. The first-order valence-corrected chi connectivity index (χ1v) is 11.2. The number of Topliss-reactive ketones (excluding diaryl/α,β-unsaturated/α-hetero) is 1. The van der Waals surface area contributed by atoms with Gasteiger partial charge in [0.1, 0.15) is 0 Å². The van der Waals surface area contributed by atoms with Crippen molar-refractivity contribution in [1.82, 2.24) is 4.57 Å². The van der Waals surface area contributed by atoms with Gasteiger partial charge in [-0.1, -0.05) is 26.0 Å². The number of primary sulfonamides is 1. The Hall–Kier alpha value is -3.17. The fourth-order valence-corrected chi connectivity index (χ4v) is 3.78. The molecule has 2 N–H and O–H groups in total. The van der Waals surface area contributed by atoms with Crippen molar-refractivity contribution in [2.75, 3.05) is 6.61 Å². The summed E-state index contributed by atoms with van der Waals surface area (Å²) >= 11 is 0. The Balaban J connectivity index is 1.75. The van der Waals surface area contributed by atoms with Gasteiger partial charge in [0.05, 0.1) is 0 Å². The average Bonchev–Trinajstić information content (AvgIpc) is 3.31. The van der Waals surface area contributed by atoms with Crippen LogP contribution in [0.15, 0.2) is 52.0 Å². The minimum atomic E-state index is -4.08. The van der Waals surface area contributed by atoms with Crippen molar-refractivity contribution in [2.24, 2.45) is 5.14 Å². The third-order valence-electron chi connectivity index (χ3n) is 4.95. The molecule has 9 heteroatoms. The molecule has 1 aromatic carbocycles. The van der Waals surface area contributed by atoms with E-state index in [2.05, 4.69) is 26.0 Å². The fourth-order valence-electron chi connectivity index (χ4n) is 3.31. The van der Waals surface area contributed by atoms with E-state index in [1.165, 1.54) is 5.56 Å². The second-order valence-corrected chi connectivity index (χ2v) is 9.02. The van der Waals surface area contributed by atoms with Gasteiger partial charge in [-0.05, 0) is 55.7 Å². The highest BCUT2D eigenvalue weighted by molar-refractivity contribution is 7.89. The van der Waals surface area contributed by atoms with Gasteiger partial charge in [-0.2, -0.15) is 0 Å². The summed E-state index contributed by atoms with van der Waals surface area (Å²) in [7, 11) is -4.08. The standard InChI is InChI=1S/C22H24N2O6S/c1-13(2)16-5-7-17(8-6-16)24-14(3)11-18(15(24)4)19(25)12-29-22(26)20-9-10-21(30-20)31(23,27)28/h5-11,13H,12H2,1-4H3,(H2,23,27,28). The number of benzene rings is 1. The van der Waals surface area contributed by atoms with E-state index in [0.29, 0.717) is 11.5 Å². The molecule has 0 saturated heterocycles. The largest absolute Gasteiger partial charge is 0.451 e. The highest BCUT2D eigenvalue weighted by Crippen LogP contribution is 2.23. The highest BCUT2D eigenvalue weighted by Gasteiger charge is 2.22. The number of rotatable bonds is 7. The number of furan rings is 1. The molecule has 0 atom stereocenters. The molecule has 2 aromatic heterocycles. The summed E-state index contributed by atoms with van der Waals surface area (Å²) in [6, 6.07) is 12.0. The predicted octanol–water partition coefficient (Wildman–Crippen LogP) is 3.50. The molecular formula is C22H24N2O6S. The van der Waals surface area contributed by atoms with E-state index in [1.54, 1.807) is 6.07 Å². The lowest BCUT2D eigenvalue weighted by Gasteiger charge is -2.12. The van der Waals surface area contributed by atoms with Gasteiger partial charge < -0.3 is 13.7 Å². The predicted molar refractivity (Wildman–Crippen MR) is 114 cm³/mol. The lowest BCUT2D eigenvalue weighted by Crippen LogP contribution is -2.15. The molecule has 0 aliphatic rings. The van der Waals surface area contributed by atoms with Crippen LogP contribution in [0.2, 0.25) is 0 Å². The summed E-state index contributed by atoms with van der Waals surface area (Å²) in [6.07, 6.45) is 0. The Morgan fingerprint density at radius 2 is 1.74 bits per heavy atom. The van der Waals surface area contributed by atoms with Crippen molar-refractivity contribution in [3.63, 3.8) is 0 Å². The van der Waals surface area contributed by atoms with Crippen LogP contribution in [0.5, 0.6) is 0 Å². The average molecular weight is 445 g/mol. The van der Waals surface area contributed by atoms with Crippen molar-refractivity contribution in [2.45, 2.75) is 38.7 Å². The molecule has 0 aliphatic carbocycles. The van der Waals surface area contributed by atoms with E-state index in [-0.39, 0.29) is 11.5 Å². The number of hydrogen-bond donors (Lipinski definition) is 1. The molecule has 2 heterocycles. The van der Waals surface area contributed by atoms with Crippen molar-refractivity contribution >= 4 is 21.8 Å². The van der Waals surface area contributed by atoms with Crippen LogP contribution in [0.25, 0.3) is 5.69 Å². The lowest BCUT2D eigenvalue weighted by atomic mass is 10.0. The van der Waals surface area contributed by atoms with Crippen LogP contribution in [-0.2, 0) is 14.8 Å². The number of sulfonamides is 1. The fraction of sp³-hybridized carbons (Fsp3) is 0.273. The maximum Gasteiger partial charge on any atom is 0.374 e. The molecular weight excluding hydrogens is 420 g/mol. The van der Waals surface area contributed by atoms with Crippen molar-refractivity contribution < 1.29 is 27.2 Å². The summed E-state index contributed by atoms with van der Waals surface area (Å²) in [5, 5.41) is 4.38. The van der Waals surface area contributed by atoms with Gasteiger partial charge in [0, 0.05) is 22.6 Å². The van der Waals surface area contributed by atoms with Gasteiger partial charge in [-0.15, -0.1) is 0 Å². The molecule has 8 nitrogen and oxygen atoms in total. The van der Waals surface area contributed by atoms with Gasteiger partial charge in [0.2, 0.25) is 16.6 Å². The number of carbonyl (C=O) groups excluding carboxylic acids is 2. The summed E-state index contributed by atoms with van der Waals surface area (Å²) in [4.78, 5) is 24.7. The van der Waals surface area contributed by atoms with Gasteiger partial charge in [-0.3, -0.25) is 4.79 Å². The second-order valence-electron chi connectivity index (χ2n) is 7.53. The van der Waals surface area contributed by atoms with E-state index < -0.39 is 27.7 Å². The summed E-state index contributed by atoms with van der Waals surface area (Å²) in [6.45, 7) is 7.45. The summed E-state index contributed by atoms with van der Waals surface area (Å²) in [5.74, 6) is -1.28. The van der Waals surface area contributed by atoms with Crippen molar-refractivity contribution in [3.8, 4) is 5.69 Å². The molecule has 164 valence electrons. The minimum Gasteiger partial charge on any atom is -0.451 e. The molecule has 0 amide bonds. The van der Waals surface area contributed by atoms with Gasteiger partial charge in [0.25, 0.3) is 10.0 Å². The highest BCUT2D eigenvalue weighted by atomic mass is 32.2. The quantitative estimate of drug-likeness (QED) is 0.440. The van der Waals surface area contributed by atoms with E-state index in [4.69, 9.17) is 14.3 Å². The molecule has 3 rings (SSSR count). The van der Waals surface area contributed by atoms with Crippen LogP contribution in [0.3, 0.4) is 0 Å². The van der Waals surface area contributed by atoms with Crippen molar-refractivity contribution in [3.05, 3.63) is 70.7 Å². The van der Waals surface area contributed by atoms with Crippen molar-refractivity contribution in [1.29, 1.82) is 0 Å². The number of ketones is 1. The Morgan fingerprint density at radius 1 is 1.10 bits per heavy atom. The number of ether oxygens (including phenoxy) is 1. The van der Waals surface area contributed by atoms with Crippen LogP contribution in [0, 0.1) is 13.8 Å². The number of nitrogens with two attached hydrogens (primary N) is 1. The Morgan fingerprint density at radius 3 is 2.29 bits per heavy atom. The molecule has 0 spiro atoms. The summed E-state index contributed by atoms with van der Waals surface area (Å²) < 4.78 is 34.3. The number of aromatic nitrogens is 1. The van der Waals surface area contributed by atoms with E-state index in [0.717, 1.165) is 29.2 Å². The van der Waals surface area contributed by atoms with Gasteiger partial charge in [-0.25, -0.2) is 18.4 Å². The number of aryl methyl sites for hydroxylation is 1. The zero-order valence-corrected chi connectivity index (χ0v) is 18.5. The third-order valence-corrected chi connectivity index (χ3v) is 5.73. The normalized spacial score (nSPS) is 11.7. The molecule has 0 radical (unpaired) electrons. The van der Waals surface area contributed by atoms with Crippen LogP contribution >= 0.6 is 0 Å². The molecule has 0 saturated carbocycles. The molecule has 31 heavy (non-hydrogen) atoms. The first-order chi connectivity index (χ1) is 14.5. The maximum absolute atomic E-state index is 12.7. The molecule has 0 bridgehead atoms. The minimum absolute atomic E-state index is 0.354.